The largest absolute Gasteiger partial charge is 0.368 e. The van der Waals surface area contributed by atoms with Crippen LogP contribution in [0.5, 0.6) is 0 Å². The van der Waals surface area contributed by atoms with E-state index in [0.717, 1.165) is 47.1 Å². The molecule has 1 amide bonds. The number of nitrogens with zero attached hydrogens (tertiary/aromatic N) is 4. The van der Waals surface area contributed by atoms with Crippen LogP contribution in [-0.4, -0.2) is 58.4 Å². The second kappa shape index (κ2) is 7.12. The Morgan fingerprint density at radius 1 is 1.00 bits per heavy atom. The first-order valence-electron chi connectivity index (χ1n) is 10.2. The molecule has 4 heterocycles. The Balaban J connectivity index is 1.55. The van der Waals surface area contributed by atoms with Gasteiger partial charge < -0.3 is 15.5 Å². The molecule has 0 spiro atoms. The topological polar surface area (TPSA) is 75.3 Å². The van der Waals surface area contributed by atoms with Crippen molar-refractivity contribution in [1.29, 1.82) is 0 Å². The molecule has 0 saturated carbocycles. The Morgan fingerprint density at radius 3 is 2.55 bits per heavy atom. The van der Waals surface area contributed by atoms with E-state index in [4.69, 9.17) is 5.73 Å². The molecule has 3 aromatic rings. The Morgan fingerprint density at radius 2 is 1.76 bits per heavy atom. The maximum absolute atomic E-state index is 13.6. The van der Waals surface area contributed by atoms with Crippen LogP contribution in [0, 0.1) is 5.92 Å². The molecule has 0 radical (unpaired) electrons. The van der Waals surface area contributed by atoms with Crippen LogP contribution in [0.3, 0.4) is 0 Å². The summed E-state index contributed by atoms with van der Waals surface area (Å²) in [6.45, 7) is 2.75. The second-order valence-electron chi connectivity index (χ2n) is 8.28. The SMILES string of the molecule is CN1C[C@@H]2CC[C@H]1CN(C(=O)c1cccc3c(-c4cnc(N)nc4)cccc13)C2. The highest BCUT2D eigenvalue weighted by Crippen LogP contribution is 2.32. The van der Waals surface area contributed by atoms with Crippen molar-refractivity contribution in [2.45, 2.75) is 18.9 Å². The summed E-state index contributed by atoms with van der Waals surface area (Å²) in [5.41, 5.74) is 8.31. The number of nitrogen functional groups attached to an aromatic ring is 1. The molecule has 6 nitrogen and oxygen atoms in total. The third-order valence-corrected chi connectivity index (χ3v) is 6.41. The number of nitrogens with two attached hydrogens (primary N) is 1. The molecule has 3 aliphatic rings. The molecule has 3 aliphatic heterocycles. The third kappa shape index (κ3) is 3.23. The average molecular weight is 387 g/mol. The number of likely N-dealkylation sites (N-methyl/N-ethyl adjacent to an activating group) is 1. The zero-order chi connectivity index (χ0) is 20.0. The fourth-order valence-corrected chi connectivity index (χ4v) is 4.88. The van der Waals surface area contributed by atoms with Crippen LogP contribution in [0.2, 0.25) is 0 Å². The zero-order valence-electron chi connectivity index (χ0n) is 16.6. The number of carbonyl (C=O) groups excluding carboxylic acids is 1. The van der Waals surface area contributed by atoms with Crippen molar-refractivity contribution in [1.82, 2.24) is 19.8 Å². The van der Waals surface area contributed by atoms with Gasteiger partial charge in [0.1, 0.15) is 0 Å². The molecule has 29 heavy (non-hydrogen) atoms. The zero-order valence-corrected chi connectivity index (χ0v) is 16.6. The lowest BCUT2D eigenvalue weighted by Crippen LogP contribution is -2.41. The Bertz CT molecular complexity index is 1060. The number of rotatable bonds is 2. The Hall–Kier alpha value is -2.99. The highest BCUT2D eigenvalue weighted by molar-refractivity contribution is 6.10. The monoisotopic (exact) mass is 387 g/mol. The fourth-order valence-electron chi connectivity index (χ4n) is 4.88. The Labute approximate surface area is 170 Å². The summed E-state index contributed by atoms with van der Waals surface area (Å²) >= 11 is 0. The standard InChI is InChI=1S/C23H25N5O/c1-27-12-15-8-9-17(27)14-28(13-15)22(29)21-7-3-5-19-18(4-2-6-20(19)21)16-10-25-23(24)26-11-16/h2-7,10-11,15,17H,8-9,12-14H2,1H3,(H2,24,25,26)/t15-,17-/m0/s1. The molecular weight excluding hydrogens is 362 g/mol. The van der Waals surface area contributed by atoms with Gasteiger partial charge in [0.2, 0.25) is 5.95 Å². The number of piperidine rings is 1. The quantitative estimate of drug-likeness (QED) is 0.731. The molecule has 3 saturated heterocycles. The average Bonchev–Trinajstić information content (AvgIpc) is 3.04. The van der Waals surface area contributed by atoms with E-state index in [1.165, 1.54) is 12.8 Å². The van der Waals surface area contributed by atoms with Crippen molar-refractivity contribution in [2.24, 2.45) is 5.92 Å². The molecule has 0 unspecified atom stereocenters. The number of hydrogen-bond donors (Lipinski definition) is 1. The second-order valence-corrected chi connectivity index (χ2v) is 8.28. The molecule has 2 bridgehead atoms. The smallest absolute Gasteiger partial charge is 0.254 e. The first kappa shape index (κ1) is 18.1. The summed E-state index contributed by atoms with van der Waals surface area (Å²) in [6.07, 6.45) is 5.86. The fraction of sp³-hybridized carbons (Fsp3) is 0.348. The van der Waals surface area contributed by atoms with E-state index in [9.17, 15) is 4.79 Å². The summed E-state index contributed by atoms with van der Waals surface area (Å²) in [7, 11) is 2.18. The summed E-state index contributed by atoms with van der Waals surface area (Å²) in [5, 5.41) is 2.00. The van der Waals surface area contributed by atoms with E-state index in [0.29, 0.717) is 12.0 Å². The predicted molar refractivity (Wildman–Crippen MR) is 114 cm³/mol. The van der Waals surface area contributed by atoms with Crippen LogP contribution in [0.4, 0.5) is 5.95 Å². The molecule has 6 rings (SSSR count). The van der Waals surface area contributed by atoms with Crippen molar-refractivity contribution in [3.63, 3.8) is 0 Å². The van der Waals surface area contributed by atoms with Gasteiger partial charge in [0.25, 0.3) is 5.91 Å². The lowest BCUT2D eigenvalue weighted by molar-refractivity contribution is 0.0744. The first-order valence-corrected chi connectivity index (χ1v) is 10.2. The van der Waals surface area contributed by atoms with Crippen molar-refractivity contribution < 1.29 is 4.79 Å². The van der Waals surface area contributed by atoms with Gasteiger partial charge in [-0.2, -0.15) is 0 Å². The molecule has 1 aromatic heterocycles. The van der Waals surface area contributed by atoms with Crippen molar-refractivity contribution >= 4 is 22.6 Å². The highest BCUT2D eigenvalue weighted by Gasteiger charge is 2.35. The number of benzene rings is 2. The van der Waals surface area contributed by atoms with E-state index in [-0.39, 0.29) is 11.9 Å². The molecular formula is C23H25N5O. The molecule has 2 atom stereocenters. The highest BCUT2D eigenvalue weighted by atomic mass is 16.2. The van der Waals surface area contributed by atoms with Gasteiger partial charge in [0, 0.05) is 49.2 Å². The summed E-state index contributed by atoms with van der Waals surface area (Å²) < 4.78 is 0. The normalized spacial score (nSPS) is 22.0. The van der Waals surface area contributed by atoms with Crippen molar-refractivity contribution in [3.05, 3.63) is 54.4 Å². The lowest BCUT2D eigenvalue weighted by atomic mass is 9.95. The van der Waals surface area contributed by atoms with E-state index >= 15 is 0 Å². The first-order chi connectivity index (χ1) is 14.1. The number of carbonyl (C=O) groups is 1. The minimum atomic E-state index is 0.133. The maximum atomic E-state index is 13.6. The van der Waals surface area contributed by atoms with Crippen LogP contribution < -0.4 is 5.73 Å². The van der Waals surface area contributed by atoms with Crippen molar-refractivity contribution in [3.8, 4) is 11.1 Å². The van der Waals surface area contributed by atoms with Crippen LogP contribution in [0.15, 0.2) is 48.8 Å². The van der Waals surface area contributed by atoms with E-state index < -0.39 is 0 Å². The van der Waals surface area contributed by atoms with Crippen LogP contribution in [0.1, 0.15) is 23.2 Å². The summed E-state index contributed by atoms with van der Waals surface area (Å²) in [6, 6.07) is 12.5. The molecule has 3 fully saturated rings. The molecule has 2 N–H and O–H groups in total. The van der Waals surface area contributed by atoms with Gasteiger partial charge in [-0.3, -0.25) is 4.79 Å². The summed E-state index contributed by atoms with van der Waals surface area (Å²) in [5.74, 6) is 0.958. The van der Waals surface area contributed by atoms with Gasteiger partial charge in [0.15, 0.2) is 0 Å². The third-order valence-electron chi connectivity index (χ3n) is 6.41. The molecule has 148 valence electrons. The van der Waals surface area contributed by atoms with Gasteiger partial charge in [-0.25, -0.2) is 9.97 Å². The van der Waals surface area contributed by atoms with Gasteiger partial charge >= 0.3 is 0 Å². The number of fused-ring (bicyclic) bond motifs is 5. The lowest BCUT2D eigenvalue weighted by Gasteiger charge is -2.32. The number of amides is 1. The van der Waals surface area contributed by atoms with E-state index in [1.807, 2.05) is 30.3 Å². The van der Waals surface area contributed by atoms with Gasteiger partial charge in [-0.1, -0.05) is 30.3 Å². The summed E-state index contributed by atoms with van der Waals surface area (Å²) in [4.78, 5) is 26.3. The van der Waals surface area contributed by atoms with Gasteiger partial charge in [-0.15, -0.1) is 0 Å². The van der Waals surface area contributed by atoms with Crippen LogP contribution >= 0.6 is 0 Å². The van der Waals surface area contributed by atoms with Gasteiger partial charge in [0.05, 0.1) is 0 Å². The number of anilines is 1. The van der Waals surface area contributed by atoms with Gasteiger partial charge in [-0.05, 0) is 48.2 Å². The maximum Gasteiger partial charge on any atom is 0.254 e. The van der Waals surface area contributed by atoms with Crippen LogP contribution in [0.25, 0.3) is 21.9 Å². The van der Waals surface area contributed by atoms with E-state index in [1.54, 1.807) is 12.4 Å². The molecule has 2 aromatic carbocycles. The minimum Gasteiger partial charge on any atom is -0.368 e. The minimum absolute atomic E-state index is 0.133. The van der Waals surface area contributed by atoms with E-state index in [2.05, 4.69) is 32.9 Å². The van der Waals surface area contributed by atoms with Crippen LogP contribution in [-0.2, 0) is 0 Å². The number of hydrogen-bond acceptors (Lipinski definition) is 5. The van der Waals surface area contributed by atoms with Crippen molar-refractivity contribution in [2.75, 3.05) is 32.4 Å². The Kier molecular flexibility index (Phi) is 4.43. The molecule has 0 aliphatic carbocycles. The number of aromatic nitrogens is 2. The predicted octanol–water partition coefficient (Wildman–Crippen LogP) is 3.05. The molecule has 6 heteroatoms.